The van der Waals surface area contributed by atoms with E-state index >= 15 is 0 Å². The molecule has 1 heterocycles. The third kappa shape index (κ3) is 1.60. The number of aromatic nitrogens is 2. The van der Waals surface area contributed by atoms with Crippen molar-refractivity contribution in [1.82, 2.24) is 9.97 Å². The van der Waals surface area contributed by atoms with E-state index < -0.39 is 0 Å². The van der Waals surface area contributed by atoms with Gasteiger partial charge in [-0.2, -0.15) is 9.97 Å². The molecule has 1 aromatic heterocycles. The van der Waals surface area contributed by atoms with Gasteiger partial charge in [0.25, 0.3) is 0 Å². The highest BCUT2D eigenvalue weighted by atomic mass is 16.5. The normalized spacial score (nSPS) is 8.57. The fraction of sp³-hybridized carbons (Fsp3) is 0.200. The fourth-order valence-corrected chi connectivity index (χ4v) is 0.894. The van der Waals surface area contributed by atoms with Crippen molar-refractivity contribution in [3.63, 3.8) is 0 Å². The van der Waals surface area contributed by atoms with Crippen LogP contribution in [0.3, 0.4) is 0 Å². The van der Waals surface area contributed by atoms with Gasteiger partial charge in [0.2, 0.25) is 5.88 Å². The summed E-state index contributed by atoms with van der Waals surface area (Å²) in [7, 11) is 2.88. The number of hydrogen-bond donors (Lipinski definition) is 0. The van der Waals surface area contributed by atoms with E-state index in [1.165, 1.54) is 14.2 Å². The molecular formula is C10H8N2O2. The Morgan fingerprint density at radius 3 is 2.21 bits per heavy atom. The maximum Gasteiger partial charge on any atom is 0.320 e. The van der Waals surface area contributed by atoms with Gasteiger partial charge in [0.05, 0.1) is 14.2 Å². The third-order valence-electron chi connectivity index (χ3n) is 1.51. The van der Waals surface area contributed by atoms with Crippen LogP contribution >= 0.6 is 0 Å². The van der Waals surface area contributed by atoms with E-state index in [1.807, 2.05) is 0 Å². The van der Waals surface area contributed by atoms with Gasteiger partial charge in [-0.15, -0.1) is 12.8 Å². The number of rotatable bonds is 2. The van der Waals surface area contributed by atoms with Gasteiger partial charge in [0, 0.05) is 0 Å². The van der Waals surface area contributed by atoms with Crippen LogP contribution in [-0.4, -0.2) is 24.2 Å². The topological polar surface area (TPSA) is 44.2 Å². The summed E-state index contributed by atoms with van der Waals surface area (Å²) < 4.78 is 9.78. The van der Waals surface area contributed by atoms with Crippen molar-refractivity contribution < 1.29 is 9.47 Å². The summed E-state index contributed by atoms with van der Waals surface area (Å²) in [6, 6.07) is 0.133. The van der Waals surface area contributed by atoms with Crippen molar-refractivity contribution in [3.8, 4) is 36.6 Å². The van der Waals surface area contributed by atoms with Gasteiger partial charge < -0.3 is 9.47 Å². The largest absolute Gasteiger partial charge is 0.480 e. The Morgan fingerprint density at radius 2 is 1.79 bits per heavy atom. The molecule has 4 heteroatoms. The molecule has 0 saturated heterocycles. The van der Waals surface area contributed by atoms with E-state index in [4.69, 9.17) is 22.3 Å². The first-order valence-corrected chi connectivity index (χ1v) is 3.70. The minimum atomic E-state index is 0.133. The Hall–Kier alpha value is -2.20. The Kier molecular flexibility index (Phi) is 2.93. The molecule has 0 N–H and O–H groups in total. The molecule has 0 aliphatic rings. The van der Waals surface area contributed by atoms with Crippen LogP contribution in [-0.2, 0) is 0 Å². The Morgan fingerprint density at radius 1 is 1.07 bits per heavy atom. The van der Waals surface area contributed by atoms with Gasteiger partial charge in [0.1, 0.15) is 11.3 Å². The molecule has 0 aliphatic carbocycles. The van der Waals surface area contributed by atoms with Crippen LogP contribution in [0.15, 0.2) is 0 Å². The first-order chi connectivity index (χ1) is 6.76. The zero-order valence-electron chi connectivity index (χ0n) is 7.87. The zero-order chi connectivity index (χ0) is 10.6. The van der Waals surface area contributed by atoms with E-state index in [0.29, 0.717) is 5.56 Å². The van der Waals surface area contributed by atoms with Crippen LogP contribution in [0.4, 0.5) is 0 Å². The lowest BCUT2D eigenvalue weighted by Crippen LogP contribution is -2.01. The zero-order valence-corrected chi connectivity index (χ0v) is 7.87. The van der Waals surface area contributed by atoms with Crippen molar-refractivity contribution in [2.45, 2.75) is 0 Å². The summed E-state index contributed by atoms with van der Waals surface area (Å²) in [5, 5.41) is 0. The summed E-state index contributed by atoms with van der Waals surface area (Å²) in [5.41, 5.74) is 0.645. The van der Waals surface area contributed by atoms with Gasteiger partial charge in [-0.3, -0.25) is 0 Å². The van der Waals surface area contributed by atoms with E-state index in [1.54, 1.807) is 0 Å². The molecule has 70 valence electrons. The summed E-state index contributed by atoms with van der Waals surface area (Å²) in [5.74, 6) is 4.95. The van der Waals surface area contributed by atoms with Crippen molar-refractivity contribution >= 4 is 0 Å². The summed E-state index contributed by atoms with van der Waals surface area (Å²) >= 11 is 0. The van der Waals surface area contributed by atoms with E-state index in [-0.39, 0.29) is 17.6 Å². The molecule has 0 unspecified atom stereocenters. The average Bonchev–Trinajstić information content (AvgIpc) is 2.26. The van der Waals surface area contributed by atoms with E-state index in [2.05, 4.69) is 21.8 Å². The molecule has 14 heavy (non-hydrogen) atoms. The quantitative estimate of drug-likeness (QED) is 0.632. The molecule has 0 saturated carbocycles. The first kappa shape index (κ1) is 9.88. The smallest absolute Gasteiger partial charge is 0.320 e. The summed E-state index contributed by atoms with van der Waals surface area (Å²) in [6.07, 6.45) is 10.5. The third-order valence-corrected chi connectivity index (χ3v) is 1.51. The van der Waals surface area contributed by atoms with E-state index in [0.717, 1.165) is 0 Å². The summed E-state index contributed by atoms with van der Waals surface area (Å²) in [4.78, 5) is 7.79. The number of nitrogens with zero attached hydrogens (tertiary/aromatic N) is 2. The maximum atomic E-state index is 5.25. The predicted molar refractivity (Wildman–Crippen MR) is 51.0 cm³/mol. The monoisotopic (exact) mass is 188 g/mol. The Balaban J connectivity index is 3.43. The van der Waals surface area contributed by atoms with Gasteiger partial charge in [-0.25, -0.2) is 0 Å². The van der Waals surface area contributed by atoms with E-state index in [9.17, 15) is 0 Å². The number of terminal acetylenes is 2. The van der Waals surface area contributed by atoms with Gasteiger partial charge in [-0.05, 0) is 5.92 Å². The minimum absolute atomic E-state index is 0.133. The highest BCUT2D eigenvalue weighted by Crippen LogP contribution is 2.19. The molecule has 0 radical (unpaired) electrons. The van der Waals surface area contributed by atoms with Crippen LogP contribution in [0, 0.1) is 24.7 Å². The molecule has 0 fully saturated rings. The predicted octanol–water partition coefficient (Wildman–Crippen LogP) is 0.456. The lowest BCUT2D eigenvalue weighted by Gasteiger charge is -2.05. The highest BCUT2D eigenvalue weighted by Gasteiger charge is 2.11. The Labute approximate surface area is 82.3 Å². The van der Waals surface area contributed by atoms with Crippen LogP contribution < -0.4 is 9.47 Å². The number of methoxy groups -OCH3 is 2. The number of hydrogen-bond acceptors (Lipinski definition) is 4. The first-order valence-electron chi connectivity index (χ1n) is 3.70. The lowest BCUT2D eigenvalue weighted by atomic mass is 10.2. The number of ether oxygens (including phenoxy) is 2. The molecular weight excluding hydrogens is 180 g/mol. The lowest BCUT2D eigenvalue weighted by molar-refractivity contribution is 0.350. The van der Waals surface area contributed by atoms with Crippen LogP contribution in [0.25, 0.3) is 0 Å². The second-order valence-electron chi connectivity index (χ2n) is 2.23. The highest BCUT2D eigenvalue weighted by molar-refractivity contribution is 5.50. The van der Waals surface area contributed by atoms with Crippen LogP contribution in [0.1, 0.15) is 11.3 Å². The molecule has 0 spiro atoms. The van der Waals surface area contributed by atoms with Gasteiger partial charge in [0.15, 0.2) is 0 Å². The van der Waals surface area contributed by atoms with Crippen LogP contribution in [0.5, 0.6) is 11.9 Å². The molecule has 0 aliphatic heterocycles. The van der Waals surface area contributed by atoms with Crippen LogP contribution in [0.2, 0.25) is 0 Å². The second kappa shape index (κ2) is 4.15. The van der Waals surface area contributed by atoms with Crippen molar-refractivity contribution in [3.05, 3.63) is 11.3 Å². The van der Waals surface area contributed by atoms with Crippen molar-refractivity contribution in [1.29, 1.82) is 0 Å². The molecule has 0 atom stereocenters. The fourth-order valence-electron chi connectivity index (χ4n) is 0.894. The molecule has 1 aromatic rings. The standard InChI is InChI=1S/C10H8N2O2/c1-5-7-8(6-2)11-10(14-4)12-9(7)13-3/h1-2H,3-4H3. The van der Waals surface area contributed by atoms with Crippen molar-refractivity contribution in [2.24, 2.45) is 0 Å². The summed E-state index contributed by atoms with van der Waals surface area (Å²) in [6.45, 7) is 0. The average molecular weight is 188 g/mol. The molecule has 0 amide bonds. The van der Waals surface area contributed by atoms with Gasteiger partial charge >= 0.3 is 6.01 Å². The second-order valence-corrected chi connectivity index (χ2v) is 2.23. The molecule has 0 aromatic carbocycles. The molecule has 0 bridgehead atoms. The molecule has 4 nitrogen and oxygen atoms in total. The molecule has 1 rings (SSSR count). The van der Waals surface area contributed by atoms with Gasteiger partial charge in [-0.1, -0.05) is 5.92 Å². The minimum Gasteiger partial charge on any atom is -0.480 e. The maximum absolute atomic E-state index is 5.25. The Bertz CT molecular complexity index is 427. The van der Waals surface area contributed by atoms with Crippen molar-refractivity contribution in [2.75, 3.05) is 14.2 Å². The SMILES string of the molecule is C#Cc1nc(OC)nc(OC)c1C#C.